The third-order valence-electron chi connectivity index (χ3n) is 2.62. The Bertz CT molecular complexity index is 413. The Balaban J connectivity index is 2.04. The Kier molecular flexibility index (Phi) is 3.87. The predicted molar refractivity (Wildman–Crippen MR) is 62.3 cm³/mol. The molecule has 6 nitrogen and oxygen atoms in total. The van der Waals surface area contributed by atoms with Crippen LogP contribution in [0.4, 0.5) is 20.4 Å². The molecule has 1 aliphatic carbocycles. The van der Waals surface area contributed by atoms with Gasteiger partial charge in [-0.1, -0.05) is 0 Å². The summed E-state index contributed by atoms with van der Waals surface area (Å²) in [7, 11) is 0. The molecule has 0 aromatic carbocycles. The molecule has 1 aromatic rings. The quantitative estimate of drug-likeness (QED) is 0.443. The van der Waals surface area contributed by atoms with Gasteiger partial charge in [0.1, 0.15) is 23.6 Å². The zero-order valence-corrected chi connectivity index (χ0v) is 9.61. The molecule has 0 bridgehead atoms. The maximum Gasteiger partial charge on any atom is 0.265 e. The molecular formula is C10H15F2N5O. The van der Waals surface area contributed by atoms with E-state index < -0.39 is 12.5 Å². The summed E-state index contributed by atoms with van der Waals surface area (Å²) in [5, 5.41) is 11.7. The van der Waals surface area contributed by atoms with Crippen LogP contribution in [0.2, 0.25) is 0 Å². The van der Waals surface area contributed by atoms with E-state index in [0.717, 1.165) is 12.8 Å². The van der Waals surface area contributed by atoms with Crippen molar-refractivity contribution < 1.29 is 13.9 Å². The van der Waals surface area contributed by atoms with Crippen LogP contribution in [0, 0.1) is 0 Å². The van der Waals surface area contributed by atoms with Crippen molar-refractivity contribution >= 4 is 11.6 Å². The molecule has 0 spiro atoms. The average molecular weight is 259 g/mol. The van der Waals surface area contributed by atoms with E-state index in [0.29, 0.717) is 23.4 Å². The van der Waals surface area contributed by atoms with Crippen LogP contribution in [0.3, 0.4) is 0 Å². The van der Waals surface area contributed by atoms with Crippen LogP contribution in [-0.2, 0) is 0 Å². The lowest BCUT2D eigenvalue weighted by Gasteiger charge is -2.12. The minimum atomic E-state index is -2.78. The fraction of sp³-hybridized carbons (Fsp3) is 0.600. The Labute approximate surface area is 103 Å². The number of alkyl halides is 2. The monoisotopic (exact) mass is 259 g/mol. The van der Waals surface area contributed by atoms with Gasteiger partial charge in [0.2, 0.25) is 0 Å². The van der Waals surface area contributed by atoms with Crippen molar-refractivity contribution in [1.29, 1.82) is 0 Å². The minimum Gasteiger partial charge on any atom is -0.385 e. The number of rotatable bonds is 6. The normalized spacial score (nSPS) is 16.7. The number of anilines is 2. The number of hydrazine groups is 1. The number of nitrogens with zero attached hydrogens (tertiary/aromatic N) is 2. The van der Waals surface area contributed by atoms with Gasteiger partial charge in [-0.15, -0.1) is 0 Å². The van der Waals surface area contributed by atoms with Gasteiger partial charge in [-0.3, -0.25) is 0 Å². The van der Waals surface area contributed by atoms with E-state index in [4.69, 9.17) is 10.9 Å². The van der Waals surface area contributed by atoms with Crippen LogP contribution in [-0.4, -0.2) is 34.1 Å². The number of hydrogen-bond donors (Lipinski definition) is 4. The molecule has 0 radical (unpaired) electrons. The first-order chi connectivity index (χ1) is 8.60. The Hall–Kier alpha value is -1.54. The second-order valence-electron chi connectivity index (χ2n) is 4.20. The van der Waals surface area contributed by atoms with Gasteiger partial charge in [-0.2, -0.15) is 0 Å². The number of halogens is 2. The van der Waals surface area contributed by atoms with Crippen LogP contribution in [0.5, 0.6) is 0 Å². The topological polar surface area (TPSA) is 96.1 Å². The molecule has 1 saturated carbocycles. The van der Waals surface area contributed by atoms with Gasteiger partial charge >= 0.3 is 0 Å². The zero-order valence-electron chi connectivity index (χ0n) is 9.61. The van der Waals surface area contributed by atoms with Crippen LogP contribution in [0.25, 0.3) is 0 Å². The summed E-state index contributed by atoms with van der Waals surface area (Å²) in [4.78, 5) is 8.38. The zero-order chi connectivity index (χ0) is 13.1. The molecule has 0 amide bonds. The van der Waals surface area contributed by atoms with Crippen LogP contribution >= 0.6 is 0 Å². The van der Waals surface area contributed by atoms with Crippen molar-refractivity contribution in [3.05, 3.63) is 11.9 Å². The second kappa shape index (κ2) is 5.40. The third kappa shape index (κ3) is 3.23. The minimum absolute atomic E-state index is 0.275. The standard InChI is InChI=1S/C10H15F2N5O/c11-9(12)6(18)4-14-7-3-8(17-13)16-10(15-7)5-1-2-5/h3,5-6,9,18H,1-2,4,13H2,(H2,14,15,16,17). The molecule has 8 heteroatoms. The van der Waals surface area contributed by atoms with Crippen molar-refractivity contribution in [3.63, 3.8) is 0 Å². The molecule has 5 N–H and O–H groups in total. The molecule has 100 valence electrons. The van der Waals surface area contributed by atoms with Gasteiger partial charge in [0.15, 0.2) is 0 Å². The maximum atomic E-state index is 12.1. The highest BCUT2D eigenvalue weighted by molar-refractivity contribution is 5.47. The van der Waals surface area contributed by atoms with E-state index in [2.05, 4.69) is 20.7 Å². The Morgan fingerprint density at radius 2 is 2.06 bits per heavy atom. The highest BCUT2D eigenvalue weighted by atomic mass is 19.3. The van der Waals surface area contributed by atoms with Crippen molar-refractivity contribution in [2.75, 3.05) is 17.3 Å². The van der Waals surface area contributed by atoms with E-state index >= 15 is 0 Å². The van der Waals surface area contributed by atoms with E-state index in [-0.39, 0.29) is 6.54 Å². The molecule has 0 aliphatic heterocycles. The highest BCUT2D eigenvalue weighted by Crippen LogP contribution is 2.38. The predicted octanol–water partition coefficient (Wildman–Crippen LogP) is 0.677. The Morgan fingerprint density at radius 1 is 1.39 bits per heavy atom. The Morgan fingerprint density at radius 3 is 2.61 bits per heavy atom. The summed E-state index contributed by atoms with van der Waals surface area (Å²) < 4.78 is 24.3. The summed E-state index contributed by atoms with van der Waals surface area (Å²) >= 11 is 0. The molecule has 1 fully saturated rings. The smallest absolute Gasteiger partial charge is 0.265 e. The summed E-state index contributed by atoms with van der Waals surface area (Å²) in [5.41, 5.74) is 2.40. The largest absolute Gasteiger partial charge is 0.385 e. The van der Waals surface area contributed by atoms with E-state index in [1.165, 1.54) is 6.07 Å². The lowest BCUT2D eigenvalue weighted by atomic mass is 10.3. The highest BCUT2D eigenvalue weighted by Gasteiger charge is 2.27. The molecule has 1 unspecified atom stereocenters. The summed E-state index contributed by atoms with van der Waals surface area (Å²) in [6.07, 6.45) is -2.46. The molecule has 1 aromatic heterocycles. The molecule has 1 heterocycles. The maximum absolute atomic E-state index is 12.1. The number of nitrogen functional groups attached to an aromatic ring is 1. The van der Waals surface area contributed by atoms with Crippen molar-refractivity contribution in [2.24, 2.45) is 5.84 Å². The molecule has 2 rings (SSSR count). The second-order valence-corrected chi connectivity index (χ2v) is 4.20. The number of aliphatic hydroxyl groups excluding tert-OH is 1. The third-order valence-corrected chi connectivity index (χ3v) is 2.62. The summed E-state index contributed by atoms with van der Waals surface area (Å²) in [6, 6.07) is 1.50. The SMILES string of the molecule is NNc1cc(NCC(O)C(F)F)nc(C2CC2)n1. The first-order valence-electron chi connectivity index (χ1n) is 5.66. The summed E-state index contributed by atoms with van der Waals surface area (Å²) in [5.74, 6) is 7.02. The van der Waals surface area contributed by atoms with Gasteiger partial charge < -0.3 is 15.8 Å². The fourth-order valence-corrected chi connectivity index (χ4v) is 1.45. The molecule has 1 atom stereocenters. The van der Waals surface area contributed by atoms with E-state index in [1.807, 2.05) is 0 Å². The number of nitrogens with one attached hydrogen (secondary N) is 2. The van der Waals surface area contributed by atoms with Crippen molar-refractivity contribution in [2.45, 2.75) is 31.3 Å². The number of hydrogen-bond acceptors (Lipinski definition) is 6. The average Bonchev–Trinajstić information content (AvgIpc) is 3.19. The van der Waals surface area contributed by atoms with Crippen molar-refractivity contribution in [1.82, 2.24) is 9.97 Å². The molecule has 18 heavy (non-hydrogen) atoms. The van der Waals surface area contributed by atoms with Crippen LogP contribution in [0.15, 0.2) is 6.07 Å². The van der Waals surface area contributed by atoms with Gasteiger partial charge in [-0.05, 0) is 12.8 Å². The first-order valence-corrected chi connectivity index (χ1v) is 5.66. The van der Waals surface area contributed by atoms with Crippen molar-refractivity contribution in [3.8, 4) is 0 Å². The van der Waals surface area contributed by atoms with Crippen LogP contribution < -0.4 is 16.6 Å². The number of aliphatic hydroxyl groups is 1. The molecular weight excluding hydrogens is 244 g/mol. The number of nitrogens with two attached hydrogens (primary N) is 1. The summed E-state index contributed by atoms with van der Waals surface area (Å²) in [6.45, 7) is -0.275. The first kappa shape index (κ1) is 12.9. The number of aromatic nitrogens is 2. The van der Waals surface area contributed by atoms with Gasteiger partial charge in [-0.25, -0.2) is 24.6 Å². The van der Waals surface area contributed by atoms with Gasteiger partial charge in [0, 0.05) is 18.5 Å². The molecule has 1 aliphatic rings. The lowest BCUT2D eigenvalue weighted by molar-refractivity contribution is 0.00380. The molecule has 0 saturated heterocycles. The van der Waals surface area contributed by atoms with E-state index in [9.17, 15) is 8.78 Å². The lowest BCUT2D eigenvalue weighted by Crippen LogP contribution is -2.27. The fourth-order valence-electron chi connectivity index (χ4n) is 1.45. The van der Waals surface area contributed by atoms with E-state index in [1.54, 1.807) is 0 Å². The van der Waals surface area contributed by atoms with Gasteiger partial charge in [0.25, 0.3) is 6.43 Å². The van der Waals surface area contributed by atoms with Crippen LogP contribution in [0.1, 0.15) is 24.6 Å². The van der Waals surface area contributed by atoms with Gasteiger partial charge in [0.05, 0.1) is 0 Å².